The first kappa shape index (κ1) is 13.1. The van der Waals surface area contributed by atoms with E-state index in [4.69, 9.17) is 4.74 Å². The van der Waals surface area contributed by atoms with Gasteiger partial charge in [0.25, 0.3) is 0 Å². The van der Waals surface area contributed by atoms with Gasteiger partial charge in [-0.2, -0.15) is 0 Å². The van der Waals surface area contributed by atoms with Gasteiger partial charge in [-0.25, -0.2) is 0 Å². The molecule has 1 N–H and O–H groups in total. The van der Waals surface area contributed by atoms with E-state index in [9.17, 15) is 4.79 Å². The molecule has 1 aliphatic carbocycles. The minimum atomic E-state index is -0.0470. The summed E-state index contributed by atoms with van der Waals surface area (Å²) in [4.78, 5) is 11.8. The third-order valence-electron chi connectivity index (χ3n) is 3.45. The lowest BCUT2D eigenvalue weighted by molar-refractivity contribution is -0.123. The van der Waals surface area contributed by atoms with Gasteiger partial charge in [0.1, 0.15) is 0 Å². The van der Waals surface area contributed by atoms with E-state index in [2.05, 4.69) is 12.2 Å². The summed E-state index contributed by atoms with van der Waals surface area (Å²) in [6.07, 6.45) is 0.977. The molecule has 1 aromatic rings. The molecule has 0 saturated heterocycles. The number of benzene rings is 1. The maximum Gasteiger partial charge on any atom is 0.223 e. The smallest absolute Gasteiger partial charge is 0.223 e. The number of carbonyl (C=O) groups excluding carboxylic acids is 1. The topological polar surface area (TPSA) is 38.3 Å². The molecule has 1 aromatic carbocycles. The van der Waals surface area contributed by atoms with Crippen molar-refractivity contribution in [1.29, 1.82) is 0 Å². The zero-order valence-electron chi connectivity index (χ0n) is 11.1. The highest BCUT2D eigenvalue weighted by Gasteiger charge is 2.39. The standard InChI is InChI=1S/C15H21NO2/c1-3-18-14(12-7-5-4-6-8-12)10-16-15(17)13-9-11(13)2/h4-8,11,13-14H,3,9-10H2,1-2H3,(H,16,17)/t11-,13-,14-/m1/s1. The van der Waals surface area contributed by atoms with E-state index in [-0.39, 0.29) is 17.9 Å². The lowest BCUT2D eigenvalue weighted by Gasteiger charge is -2.18. The van der Waals surface area contributed by atoms with Crippen LogP contribution in [0.4, 0.5) is 0 Å². The summed E-state index contributed by atoms with van der Waals surface area (Å²) in [5.74, 6) is 0.943. The fraction of sp³-hybridized carbons (Fsp3) is 0.533. The van der Waals surface area contributed by atoms with Gasteiger partial charge in [-0.15, -0.1) is 0 Å². The van der Waals surface area contributed by atoms with Crippen LogP contribution in [0.25, 0.3) is 0 Å². The summed E-state index contributed by atoms with van der Waals surface area (Å²) < 4.78 is 5.69. The van der Waals surface area contributed by atoms with Crippen LogP contribution in [0.5, 0.6) is 0 Å². The monoisotopic (exact) mass is 247 g/mol. The fourth-order valence-corrected chi connectivity index (χ4v) is 2.15. The molecule has 0 spiro atoms. The molecule has 3 nitrogen and oxygen atoms in total. The molecule has 1 aliphatic rings. The third-order valence-corrected chi connectivity index (χ3v) is 3.45. The molecule has 0 radical (unpaired) electrons. The average molecular weight is 247 g/mol. The van der Waals surface area contributed by atoms with Gasteiger partial charge in [-0.1, -0.05) is 37.3 Å². The van der Waals surface area contributed by atoms with Gasteiger partial charge < -0.3 is 10.1 Å². The molecule has 0 bridgehead atoms. The Bertz CT molecular complexity index is 391. The van der Waals surface area contributed by atoms with Gasteiger partial charge in [0.2, 0.25) is 5.91 Å². The first-order valence-corrected chi connectivity index (χ1v) is 6.66. The van der Waals surface area contributed by atoms with Crippen molar-refractivity contribution >= 4 is 5.91 Å². The molecule has 0 unspecified atom stereocenters. The minimum Gasteiger partial charge on any atom is -0.372 e. The highest BCUT2D eigenvalue weighted by Crippen LogP contribution is 2.37. The second kappa shape index (κ2) is 6.01. The van der Waals surface area contributed by atoms with E-state index in [1.54, 1.807) is 0 Å². The molecule has 1 fully saturated rings. The van der Waals surface area contributed by atoms with Crippen molar-refractivity contribution in [2.24, 2.45) is 11.8 Å². The third kappa shape index (κ3) is 3.33. The van der Waals surface area contributed by atoms with Gasteiger partial charge in [0.05, 0.1) is 6.10 Å². The largest absolute Gasteiger partial charge is 0.372 e. The van der Waals surface area contributed by atoms with Crippen LogP contribution in [0.2, 0.25) is 0 Å². The number of carbonyl (C=O) groups is 1. The van der Waals surface area contributed by atoms with Crippen molar-refractivity contribution in [3.63, 3.8) is 0 Å². The quantitative estimate of drug-likeness (QED) is 0.839. The van der Waals surface area contributed by atoms with Crippen molar-refractivity contribution < 1.29 is 9.53 Å². The Balaban J connectivity index is 1.88. The van der Waals surface area contributed by atoms with Gasteiger partial charge in [0, 0.05) is 19.1 Å². The molecule has 0 aliphatic heterocycles. The van der Waals surface area contributed by atoms with Crippen molar-refractivity contribution in [2.75, 3.05) is 13.2 Å². The molecule has 18 heavy (non-hydrogen) atoms. The lowest BCUT2D eigenvalue weighted by Crippen LogP contribution is -2.31. The second-order valence-electron chi connectivity index (χ2n) is 4.92. The zero-order valence-corrected chi connectivity index (χ0v) is 11.1. The lowest BCUT2D eigenvalue weighted by atomic mass is 10.1. The first-order chi connectivity index (χ1) is 8.72. The van der Waals surface area contributed by atoms with Crippen molar-refractivity contribution in [1.82, 2.24) is 5.32 Å². The maximum absolute atomic E-state index is 11.8. The SMILES string of the molecule is CCO[C@H](CNC(=O)[C@@H]1C[C@H]1C)c1ccccc1. The van der Waals surface area contributed by atoms with Gasteiger partial charge >= 0.3 is 0 Å². The summed E-state index contributed by atoms with van der Waals surface area (Å²) in [5, 5.41) is 2.99. The van der Waals surface area contributed by atoms with Crippen LogP contribution in [-0.2, 0) is 9.53 Å². The summed E-state index contributed by atoms with van der Waals surface area (Å²) in [7, 11) is 0. The molecule has 3 heteroatoms. The van der Waals surface area contributed by atoms with Crippen molar-refractivity contribution in [3.05, 3.63) is 35.9 Å². The molecular weight excluding hydrogens is 226 g/mol. The van der Waals surface area contributed by atoms with E-state index in [0.29, 0.717) is 19.1 Å². The molecule has 98 valence electrons. The predicted molar refractivity (Wildman–Crippen MR) is 71.1 cm³/mol. The average Bonchev–Trinajstić information content (AvgIpc) is 3.12. The van der Waals surface area contributed by atoms with Crippen LogP contribution in [0.3, 0.4) is 0 Å². The highest BCUT2D eigenvalue weighted by atomic mass is 16.5. The van der Waals surface area contributed by atoms with Gasteiger partial charge in [-0.05, 0) is 24.8 Å². The summed E-state index contributed by atoms with van der Waals surface area (Å²) >= 11 is 0. The van der Waals surface area contributed by atoms with E-state index in [1.807, 2.05) is 37.3 Å². The molecular formula is C15H21NO2. The molecule has 3 atom stereocenters. The summed E-state index contributed by atoms with van der Waals surface area (Å²) in [6, 6.07) is 10.0. The number of nitrogens with one attached hydrogen (secondary N) is 1. The normalized spacial score (nSPS) is 23.4. The van der Waals surface area contributed by atoms with E-state index in [0.717, 1.165) is 12.0 Å². The van der Waals surface area contributed by atoms with E-state index in [1.165, 1.54) is 0 Å². The number of hydrogen-bond donors (Lipinski definition) is 1. The van der Waals surface area contributed by atoms with E-state index >= 15 is 0 Å². The Morgan fingerprint density at radius 3 is 2.67 bits per heavy atom. The van der Waals surface area contributed by atoms with Crippen LogP contribution in [0, 0.1) is 11.8 Å². The van der Waals surface area contributed by atoms with Crippen LogP contribution in [0.1, 0.15) is 31.9 Å². The van der Waals surface area contributed by atoms with Crippen LogP contribution < -0.4 is 5.32 Å². The zero-order chi connectivity index (χ0) is 13.0. The fourth-order valence-electron chi connectivity index (χ4n) is 2.15. The number of amides is 1. The molecule has 0 heterocycles. The van der Waals surface area contributed by atoms with Gasteiger partial charge in [0.15, 0.2) is 0 Å². The predicted octanol–water partition coefficient (Wildman–Crippen LogP) is 2.54. The van der Waals surface area contributed by atoms with Crippen LogP contribution >= 0.6 is 0 Å². The summed E-state index contributed by atoms with van der Waals surface area (Å²) in [6.45, 7) is 5.29. The Kier molecular flexibility index (Phi) is 4.37. The number of hydrogen-bond acceptors (Lipinski definition) is 2. The number of rotatable bonds is 6. The molecule has 0 aromatic heterocycles. The van der Waals surface area contributed by atoms with Crippen molar-refractivity contribution in [3.8, 4) is 0 Å². The molecule has 2 rings (SSSR count). The van der Waals surface area contributed by atoms with E-state index < -0.39 is 0 Å². The maximum atomic E-state index is 11.8. The Labute approximate surface area is 109 Å². The second-order valence-corrected chi connectivity index (χ2v) is 4.92. The first-order valence-electron chi connectivity index (χ1n) is 6.66. The molecule has 1 amide bonds. The highest BCUT2D eigenvalue weighted by molar-refractivity contribution is 5.81. The minimum absolute atomic E-state index is 0.0470. The Hall–Kier alpha value is -1.35. The molecule has 1 saturated carbocycles. The van der Waals surface area contributed by atoms with Crippen LogP contribution in [0.15, 0.2) is 30.3 Å². The Morgan fingerprint density at radius 2 is 2.11 bits per heavy atom. The Morgan fingerprint density at radius 1 is 1.44 bits per heavy atom. The van der Waals surface area contributed by atoms with Crippen LogP contribution in [-0.4, -0.2) is 19.1 Å². The number of ether oxygens (including phenoxy) is 1. The van der Waals surface area contributed by atoms with Gasteiger partial charge in [-0.3, -0.25) is 4.79 Å². The summed E-state index contributed by atoms with van der Waals surface area (Å²) in [5.41, 5.74) is 1.11. The van der Waals surface area contributed by atoms with Crippen molar-refractivity contribution in [2.45, 2.75) is 26.4 Å².